The van der Waals surface area contributed by atoms with E-state index in [0.29, 0.717) is 28.4 Å². The van der Waals surface area contributed by atoms with E-state index in [0.717, 1.165) is 0 Å². The molecule has 2 aromatic rings. The molecule has 0 amide bonds. The van der Waals surface area contributed by atoms with E-state index in [-0.39, 0.29) is 18.3 Å². The van der Waals surface area contributed by atoms with Crippen molar-refractivity contribution in [3.8, 4) is 17.2 Å². The SMILES string of the molecule is COc1cc(/C=C/C(=O)c2ccc([N+](=O)[O-])cc2)cc2c1OCO2. The average molecular weight is 327 g/mol. The Kier molecular flexibility index (Phi) is 4.15. The number of benzene rings is 2. The van der Waals surface area contributed by atoms with Gasteiger partial charge in [0, 0.05) is 17.7 Å². The lowest BCUT2D eigenvalue weighted by Gasteiger charge is -2.05. The number of rotatable bonds is 5. The Hall–Kier alpha value is -3.35. The molecule has 0 saturated carbocycles. The highest BCUT2D eigenvalue weighted by Gasteiger charge is 2.19. The molecular formula is C17H13NO6. The van der Waals surface area contributed by atoms with Gasteiger partial charge in [-0.2, -0.15) is 0 Å². The zero-order valence-electron chi connectivity index (χ0n) is 12.7. The molecular weight excluding hydrogens is 314 g/mol. The minimum atomic E-state index is -0.511. The molecule has 7 nitrogen and oxygen atoms in total. The molecule has 0 N–H and O–H groups in total. The standard InChI is InChI=1S/C17H13NO6/c1-22-15-8-11(9-16-17(15)24-10-23-16)2-7-14(19)12-3-5-13(6-4-12)18(20)21/h2-9H,10H2,1H3/b7-2+. The third-order valence-electron chi connectivity index (χ3n) is 3.47. The number of nitro groups is 1. The van der Waals surface area contributed by atoms with Gasteiger partial charge in [-0.05, 0) is 35.9 Å². The predicted molar refractivity (Wildman–Crippen MR) is 85.6 cm³/mol. The molecule has 0 fully saturated rings. The Balaban J connectivity index is 1.80. The number of ether oxygens (including phenoxy) is 3. The normalized spacial score (nSPS) is 12.4. The first-order valence-electron chi connectivity index (χ1n) is 7.03. The van der Waals surface area contributed by atoms with Gasteiger partial charge in [0.15, 0.2) is 17.3 Å². The topological polar surface area (TPSA) is 87.9 Å². The van der Waals surface area contributed by atoms with Gasteiger partial charge in [0.25, 0.3) is 5.69 Å². The highest BCUT2D eigenvalue weighted by Crippen LogP contribution is 2.42. The van der Waals surface area contributed by atoms with Crippen LogP contribution < -0.4 is 14.2 Å². The molecule has 0 saturated heterocycles. The number of methoxy groups -OCH3 is 1. The summed E-state index contributed by atoms with van der Waals surface area (Å²) in [6, 6.07) is 8.91. The first-order valence-corrected chi connectivity index (χ1v) is 7.03. The molecule has 0 aromatic heterocycles. The second kappa shape index (κ2) is 6.41. The van der Waals surface area contributed by atoms with E-state index in [1.165, 1.54) is 37.5 Å². The number of hydrogen-bond donors (Lipinski definition) is 0. The van der Waals surface area contributed by atoms with Crippen molar-refractivity contribution in [3.05, 3.63) is 63.7 Å². The molecule has 1 aliphatic rings. The van der Waals surface area contributed by atoms with Gasteiger partial charge in [0.1, 0.15) is 0 Å². The van der Waals surface area contributed by atoms with Crippen LogP contribution in [0, 0.1) is 10.1 Å². The summed E-state index contributed by atoms with van der Waals surface area (Å²) < 4.78 is 15.9. The minimum Gasteiger partial charge on any atom is -0.493 e. The van der Waals surface area contributed by atoms with Crippen LogP contribution >= 0.6 is 0 Å². The molecule has 0 spiro atoms. The van der Waals surface area contributed by atoms with Gasteiger partial charge in [0.2, 0.25) is 12.5 Å². The molecule has 0 aliphatic carbocycles. The molecule has 0 atom stereocenters. The maximum absolute atomic E-state index is 12.1. The lowest BCUT2D eigenvalue weighted by Crippen LogP contribution is -1.95. The summed E-state index contributed by atoms with van der Waals surface area (Å²) in [7, 11) is 1.52. The van der Waals surface area contributed by atoms with Crippen LogP contribution in [0.5, 0.6) is 17.2 Å². The van der Waals surface area contributed by atoms with Crippen LogP contribution in [0.4, 0.5) is 5.69 Å². The lowest BCUT2D eigenvalue weighted by molar-refractivity contribution is -0.384. The van der Waals surface area contributed by atoms with Crippen molar-refractivity contribution in [2.24, 2.45) is 0 Å². The van der Waals surface area contributed by atoms with E-state index in [2.05, 4.69) is 0 Å². The lowest BCUT2D eigenvalue weighted by atomic mass is 10.1. The molecule has 122 valence electrons. The number of nitrogens with zero attached hydrogens (tertiary/aromatic N) is 1. The predicted octanol–water partition coefficient (Wildman–Crippen LogP) is 3.23. The van der Waals surface area contributed by atoms with E-state index in [1.807, 2.05) is 0 Å². The first-order chi connectivity index (χ1) is 11.6. The second-order valence-electron chi connectivity index (χ2n) is 4.96. The van der Waals surface area contributed by atoms with E-state index < -0.39 is 4.92 Å². The van der Waals surface area contributed by atoms with Crippen molar-refractivity contribution in [1.29, 1.82) is 0 Å². The summed E-state index contributed by atoms with van der Waals surface area (Å²) >= 11 is 0. The summed E-state index contributed by atoms with van der Waals surface area (Å²) in [5.41, 5.74) is 1.02. The fourth-order valence-corrected chi connectivity index (χ4v) is 2.26. The highest BCUT2D eigenvalue weighted by atomic mass is 16.7. The number of ketones is 1. The average Bonchev–Trinajstić information content (AvgIpc) is 3.07. The Bertz CT molecular complexity index is 826. The van der Waals surface area contributed by atoms with Crippen LogP contribution in [-0.4, -0.2) is 24.6 Å². The van der Waals surface area contributed by atoms with Gasteiger partial charge in [0.05, 0.1) is 12.0 Å². The van der Waals surface area contributed by atoms with Gasteiger partial charge in [-0.3, -0.25) is 14.9 Å². The maximum Gasteiger partial charge on any atom is 0.269 e. The summed E-state index contributed by atoms with van der Waals surface area (Å²) in [6.07, 6.45) is 3.01. The molecule has 1 aliphatic heterocycles. The van der Waals surface area contributed by atoms with Gasteiger partial charge >= 0.3 is 0 Å². The van der Waals surface area contributed by atoms with Gasteiger partial charge in [-0.15, -0.1) is 0 Å². The largest absolute Gasteiger partial charge is 0.493 e. The smallest absolute Gasteiger partial charge is 0.269 e. The Labute approximate surface area is 137 Å². The molecule has 0 radical (unpaired) electrons. The van der Waals surface area contributed by atoms with E-state index in [1.54, 1.807) is 18.2 Å². The molecule has 0 unspecified atom stereocenters. The third-order valence-corrected chi connectivity index (χ3v) is 3.47. The summed E-state index contributed by atoms with van der Waals surface area (Å²) in [5, 5.41) is 10.6. The molecule has 24 heavy (non-hydrogen) atoms. The third kappa shape index (κ3) is 3.05. The summed E-state index contributed by atoms with van der Waals surface area (Å²) in [6.45, 7) is 0.126. The number of non-ortho nitro benzene ring substituents is 1. The fourth-order valence-electron chi connectivity index (χ4n) is 2.26. The van der Waals surface area contributed by atoms with Crippen molar-refractivity contribution >= 4 is 17.5 Å². The van der Waals surface area contributed by atoms with Crippen LogP contribution in [0.2, 0.25) is 0 Å². The quantitative estimate of drug-likeness (QED) is 0.362. The second-order valence-corrected chi connectivity index (χ2v) is 4.96. The number of allylic oxidation sites excluding steroid dienone is 1. The number of carbonyl (C=O) groups is 1. The Morgan fingerprint density at radius 3 is 2.67 bits per heavy atom. The highest BCUT2D eigenvalue weighted by molar-refractivity contribution is 6.06. The molecule has 3 rings (SSSR count). The number of carbonyl (C=O) groups excluding carboxylic acids is 1. The molecule has 1 heterocycles. The van der Waals surface area contributed by atoms with Crippen molar-refractivity contribution in [2.45, 2.75) is 0 Å². The van der Waals surface area contributed by atoms with E-state index in [9.17, 15) is 14.9 Å². The van der Waals surface area contributed by atoms with Crippen molar-refractivity contribution in [3.63, 3.8) is 0 Å². The molecule has 7 heteroatoms. The van der Waals surface area contributed by atoms with Gasteiger partial charge in [-0.25, -0.2) is 0 Å². The van der Waals surface area contributed by atoms with Crippen molar-refractivity contribution < 1.29 is 23.9 Å². The number of hydrogen-bond acceptors (Lipinski definition) is 6. The van der Waals surface area contributed by atoms with Gasteiger partial charge < -0.3 is 14.2 Å². The summed E-state index contributed by atoms with van der Waals surface area (Å²) in [5.74, 6) is 1.35. The fraction of sp³-hybridized carbons (Fsp3) is 0.118. The van der Waals surface area contributed by atoms with Gasteiger partial charge in [-0.1, -0.05) is 6.08 Å². The first kappa shape index (κ1) is 15.5. The van der Waals surface area contributed by atoms with Crippen LogP contribution in [0.15, 0.2) is 42.5 Å². The monoisotopic (exact) mass is 327 g/mol. The van der Waals surface area contributed by atoms with Crippen molar-refractivity contribution in [2.75, 3.05) is 13.9 Å². The Morgan fingerprint density at radius 1 is 1.25 bits per heavy atom. The van der Waals surface area contributed by atoms with Crippen LogP contribution in [0.25, 0.3) is 6.08 Å². The Morgan fingerprint density at radius 2 is 2.00 bits per heavy atom. The van der Waals surface area contributed by atoms with Crippen LogP contribution in [0.3, 0.4) is 0 Å². The molecule has 2 aromatic carbocycles. The zero-order chi connectivity index (χ0) is 17.1. The van der Waals surface area contributed by atoms with Crippen molar-refractivity contribution in [1.82, 2.24) is 0 Å². The molecule has 0 bridgehead atoms. The summed E-state index contributed by atoms with van der Waals surface area (Å²) in [4.78, 5) is 22.3. The number of fused-ring (bicyclic) bond motifs is 1. The zero-order valence-corrected chi connectivity index (χ0v) is 12.7. The van der Waals surface area contributed by atoms with E-state index in [4.69, 9.17) is 14.2 Å². The maximum atomic E-state index is 12.1. The van der Waals surface area contributed by atoms with Crippen LogP contribution in [-0.2, 0) is 0 Å². The van der Waals surface area contributed by atoms with E-state index >= 15 is 0 Å². The van der Waals surface area contributed by atoms with Crippen LogP contribution in [0.1, 0.15) is 15.9 Å². The minimum absolute atomic E-state index is 0.0592. The number of nitro benzene ring substituents is 1.